The first-order valence-corrected chi connectivity index (χ1v) is 17.8. The van der Waals surface area contributed by atoms with E-state index in [-0.39, 0.29) is 30.2 Å². The van der Waals surface area contributed by atoms with Crippen LogP contribution in [0.4, 0.5) is 21.5 Å². The molecule has 3 N–H and O–H groups in total. The lowest BCUT2D eigenvalue weighted by atomic mass is 10.0. The molecule has 244 valence electrons. The minimum absolute atomic E-state index is 0. The molecule has 1 amide bonds. The standard InChI is InChI=1S/C33H35FN4O5S2.ClH/c1-44(40)30-15-16-32(31(21-30)33(39)36-25-7-5-24(34)6-8-25)35-26-17-19-38(20-18-26)22-23-3-11-28(12-4-23)43-29-13-9-27(10-14-29)37-45(2,41)42;/h3-16,21,26,35,37H,17-20,22H2,1-2H3,(H,36,39);1H. The summed E-state index contributed by atoms with van der Waals surface area (Å²) in [6.45, 7) is 2.54. The predicted octanol–water partition coefficient (Wildman–Crippen LogP) is 6.48. The number of piperidine rings is 1. The summed E-state index contributed by atoms with van der Waals surface area (Å²) in [6, 6.07) is 25.5. The van der Waals surface area contributed by atoms with E-state index in [1.54, 1.807) is 48.7 Å². The normalized spacial score (nSPS) is 14.5. The van der Waals surface area contributed by atoms with E-state index in [1.807, 2.05) is 24.3 Å². The summed E-state index contributed by atoms with van der Waals surface area (Å²) in [5, 5.41) is 6.33. The van der Waals surface area contributed by atoms with Gasteiger partial charge >= 0.3 is 0 Å². The fraction of sp³-hybridized carbons (Fsp3) is 0.242. The van der Waals surface area contributed by atoms with Crippen LogP contribution >= 0.6 is 12.4 Å². The maximum absolute atomic E-state index is 13.3. The molecule has 4 aromatic rings. The highest BCUT2D eigenvalue weighted by Gasteiger charge is 2.22. The van der Waals surface area contributed by atoms with E-state index in [2.05, 4.69) is 20.3 Å². The highest BCUT2D eigenvalue weighted by molar-refractivity contribution is 7.92. The fourth-order valence-electron chi connectivity index (χ4n) is 5.07. The predicted molar refractivity (Wildman–Crippen MR) is 184 cm³/mol. The zero-order valence-corrected chi connectivity index (χ0v) is 27.8. The van der Waals surface area contributed by atoms with E-state index in [9.17, 15) is 21.8 Å². The summed E-state index contributed by atoms with van der Waals surface area (Å²) < 4.78 is 56.6. The van der Waals surface area contributed by atoms with Gasteiger partial charge in [0.15, 0.2) is 0 Å². The molecule has 1 atom stereocenters. The lowest BCUT2D eigenvalue weighted by molar-refractivity contribution is 0.102. The molecule has 5 rings (SSSR count). The fourth-order valence-corrected chi connectivity index (χ4v) is 6.17. The van der Waals surface area contributed by atoms with Gasteiger partial charge in [-0.2, -0.15) is 0 Å². The van der Waals surface area contributed by atoms with Gasteiger partial charge < -0.3 is 15.4 Å². The van der Waals surface area contributed by atoms with Crippen LogP contribution in [-0.2, 0) is 27.4 Å². The Labute approximate surface area is 277 Å². The summed E-state index contributed by atoms with van der Waals surface area (Å²) in [6.07, 6.45) is 4.44. The lowest BCUT2D eigenvalue weighted by Gasteiger charge is -2.33. The minimum atomic E-state index is -3.33. The quantitative estimate of drug-likeness (QED) is 0.165. The van der Waals surface area contributed by atoms with Gasteiger partial charge in [-0.05, 0) is 97.3 Å². The number of amides is 1. The Balaban J connectivity index is 0.00000480. The van der Waals surface area contributed by atoms with Crippen molar-refractivity contribution >= 4 is 56.2 Å². The molecule has 1 fully saturated rings. The number of hydrogen-bond acceptors (Lipinski definition) is 7. The van der Waals surface area contributed by atoms with Gasteiger partial charge in [-0.15, -0.1) is 12.4 Å². The first-order chi connectivity index (χ1) is 21.5. The summed E-state index contributed by atoms with van der Waals surface area (Å²) in [4.78, 5) is 16.1. The average molecular weight is 687 g/mol. The van der Waals surface area contributed by atoms with Crippen LogP contribution in [0.25, 0.3) is 0 Å². The van der Waals surface area contributed by atoms with Crippen LogP contribution in [0.5, 0.6) is 11.5 Å². The number of sulfonamides is 1. The van der Waals surface area contributed by atoms with Crippen molar-refractivity contribution < 1.29 is 26.5 Å². The Morgan fingerprint density at radius 2 is 1.50 bits per heavy atom. The van der Waals surface area contributed by atoms with E-state index in [0.29, 0.717) is 39.0 Å². The number of nitrogens with one attached hydrogen (secondary N) is 3. The first kappa shape index (κ1) is 34.9. The van der Waals surface area contributed by atoms with Crippen molar-refractivity contribution in [2.45, 2.75) is 30.3 Å². The monoisotopic (exact) mass is 686 g/mol. The van der Waals surface area contributed by atoms with Gasteiger partial charge in [-0.3, -0.25) is 18.6 Å². The van der Waals surface area contributed by atoms with Crippen molar-refractivity contribution in [2.24, 2.45) is 0 Å². The molecule has 0 aliphatic carbocycles. The van der Waals surface area contributed by atoms with Gasteiger partial charge in [-0.25, -0.2) is 12.8 Å². The van der Waals surface area contributed by atoms with E-state index in [1.165, 1.54) is 24.3 Å². The topological polar surface area (TPSA) is 117 Å². The summed E-state index contributed by atoms with van der Waals surface area (Å²) in [7, 11) is -4.59. The lowest BCUT2D eigenvalue weighted by Crippen LogP contribution is -2.39. The molecule has 13 heteroatoms. The first-order valence-electron chi connectivity index (χ1n) is 14.4. The number of hydrogen-bond donors (Lipinski definition) is 3. The molecule has 1 aliphatic rings. The molecule has 1 saturated heterocycles. The zero-order valence-electron chi connectivity index (χ0n) is 25.4. The third-order valence-electron chi connectivity index (χ3n) is 7.34. The van der Waals surface area contributed by atoms with Crippen LogP contribution in [0, 0.1) is 5.82 Å². The second kappa shape index (κ2) is 15.5. The van der Waals surface area contributed by atoms with Crippen LogP contribution in [0.3, 0.4) is 0 Å². The third-order valence-corrected chi connectivity index (χ3v) is 8.86. The van der Waals surface area contributed by atoms with Crippen LogP contribution in [0.15, 0.2) is 95.9 Å². The van der Waals surface area contributed by atoms with Crippen molar-refractivity contribution in [1.82, 2.24) is 4.90 Å². The van der Waals surface area contributed by atoms with Crippen LogP contribution in [-0.4, -0.2) is 55.1 Å². The number of rotatable bonds is 11. The van der Waals surface area contributed by atoms with Crippen molar-refractivity contribution in [2.75, 3.05) is 41.0 Å². The Morgan fingerprint density at radius 3 is 2.09 bits per heavy atom. The Kier molecular flexibility index (Phi) is 11.8. The maximum atomic E-state index is 13.3. The molecule has 9 nitrogen and oxygen atoms in total. The average Bonchev–Trinajstić information content (AvgIpc) is 3.00. The Morgan fingerprint density at radius 1 is 0.913 bits per heavy atom. The Hall–Kier alpha value is -3.97. The molecule has 46 heavy (non-hydrogen) atoms. The number of carbonyl (C=O) groups excluding carboxylic acids is 1. The SMILES string of the molecule is CS(=O)c1ccc(NC2CCN(Cc3ccc(Oc4ccc(NS(C)(=O)=O)cc4)cc3)CC2)c(C(=O)Nc2ccc(F)cc2)c1.Cl. The van der Waals surface area contributed by atoms with Crippen molar-refractivity contribution in [3.63, 3.8) is 0 Å². The van der Waals surface area contributed by atoms with E-state index >= 15 is 0 Å². The van der Waals surface area contributed by atoms with E-state index in [4.69, 9.17) is 4.74 Å². The van der Waals surface area contributed by atoms with Crippen molar-refractivity contribution in [1.29, 1.82) is 0 Å². The number of ether oxygens (including phenoxy) is 1. The molecule has 0 saturated carbocycles. The maximum Gasteiger partial charge on any atom is 0.257 e. The number of anilines is 3. The highest BCUT2D eigenvalue weighted by atomic mass is 35.5. The van der Waals surface area contributed by atoms with Gasteiger partial charge in [0.1, 0.15) is 17.3 Å². The van der Waals surface area contributed by atoms with Gasteiger partial charge in [-0.1, -0.05) is 12.1 Å². The van der Waals surface area contributed by atoms with Crippen LogP contribution in [0.1, 0.15) is 28.8 Å². The molecule has 0 radical (unpaired) electrons. The summed E-state index contributed by atoms with van der Waals surface area (Å²) in [5.41, 5.74) is 3.15. The molecular formula is C33H36ClFN4O5S2. The second-order valence-electron chi connectivity index (χ2n) is 11.0. The molecular weight excluding hydrogens is 651 g/mol. The Bertz CT molecular complexity index is 1770. The van der Waals surface area contributed by atoms with E-state index in [0.717, 1.165) is 44.3 Å². The number of nitrogens with zero attached hydrogens (tertiary/aromatic N) is 1. The summed E-state index contributed by atoms with van der Waals surface area (Å²) in [5.74, 6) is 0.539. The zero-order chi connectivity index (χ0) is 32.0. The molecule has 0 bridgehead atoms. The van der Waals surface area contributed by atoms with Crippen LogP contribution in [0.2, 0.25) is 0 Å². The smallest absolute Gasteiger partial charge is 0.257 e. The number of halogens is 2. The largest absolute Gasteiger partial charge is 0.457 e. The highest BCUT2D eigenvalue weighted by Crippen LogP contribution is 2.27. The van der Waals surface area contributed by atoms with Crippen LogP contribution < -0.4 is 20.1 Å². The van der Waals surface area contributed by atoms with E-state index < -0.39 is 20.8 Å². The minimum Gasteiger partial charge on any atom is -0.457 e. The number of carbonyl (C=O) groups is 1. The van der Waals surface area contributed by atoms with Crippen molar-refractivity contribution in [3.05, 3.63) is 108 Å². The molecule has 1 aliphatic heterocycles. The van der Waals surface area contributed by atoms with Gasteiger partial charge in [0.25, 0.3) is 5.91 Å². The molecule has 1 unspecified atom stereocenters. The molecule has 0 aromatic heterocycles. The number of likely N-dealkylation sites (tertiary alicyclic amines) is 1. The summed E-state index contributed by atoms with van der Waals surface area (Å²) >= 11 is 0. The second-order valence-corrected chi connectivity index (χ2v) is 14.1. The number of benzene rings is 4. The van der Waals surface area contributed by atoms with Crippen molar-refractivity contribution in [3.8, 4) is 11.5 Å². The molecule has 4 aromatic carbocycles. The molecule has 1 heterocycles. The van der Waals surface area contributed by atoms with Gasteiger partial charge in [0.2, 0.25) is 10.0 Å². The third kappa shape index (κ3) is 10.0. The molecule has 0 spiro atoms. The van der Waals surface area contributed by atoms with Gasteiger partial charge in [0.05, 0.1) is 11.8 Å². The van der Waals surface area contributed by atoms with Gasteiger partial charge in [0, 0.05) is 64.7 Å².